The Morgan fingerprint density at radius 1 is 1.25 bits per heavy atom. The predicted molar refractivity (Wildman–Crippen MR) is 59.1 cm³/mol. The van der Waals surface area contributed by atoms with Gasteiger partial charge in [-0.05, 0) is 19.3 Å². The monoisotopic (exact) mass is 232 g/mol. The Balaban J connectivity index is 3.97. The van der Waals surface area contributed by atoms with Crippen molar-refractivity contribution in [3.63, 3.8) is 0 Å². The highest BCUT2D eigenvalue weighted by atomic mass is 16.4. The molecule has 0 rings (SSSR count). The molecule has 0 spiro atoms. The van der Waals surface area contributed by atoms with E-state index in [-0.39, 0.29) is 0 Å². The fourth-order valence-electron chi connectivity index (χ4n) is 1.06. The highest BCUT2D eigenvalue weighted by Crippen LogP contribution is 1.96. The largest absolute Gasteiger partial charge is 0.480 e. The van der Waals surface area contributed by atoms with Crippen molar-refractivity contribution in [2.75, 3.05) is 6.54 Å². The van der Waals surface area contributed by atoms with Crippen LogP contribution in [0.3, 0.4) is 0 Å². The van der Waals surface area contributed by atoms with Crippen LogP contribution < -0.4 is 10.6 Å². The van der Waals surface area contributed by atoms with E-state index in [0.29, 0.717) is 12.5 Å². The highest BCUT2D eigenvalue weighted by Gasteiger charge is 2.24. The minimum Gasteiger partial charge on any atom is -0.480 e. The van der Waals surface area contributed by atoms with Crippen LogP contribution in [0.25, 0.3) is 0 Å². The van der Waals surface area contributed by atoms with Gasteiger partial charge in [0.25, 0.3) is 0 Å². The highest BCUT2D eigenvalue weighted by molar-refractivity contribution is 5.82. The number of aliphatic hydroxyl groups excluding tert-OH is 1. The minimum atomic E-state index is -1.28. The molecule has 2 amide bonds. The molecule has 0 saturated heterocycles. The topological polar surface area (TPSA) is 98.7 Å². The molecule has 0 radical (unpaired) electrons. The van der Waals surface area contributed by atoms with Crippen LogP contribution in [0.2, 0.25) is 0 Å². The number of nitrogens with one attached hydrogen (secondary N) is 2. The van der Waals surface area contributed by atoms with E-state index < -0.39 is 24.1 Å². The number of hydrogen-bond donors (Lipinski definition) is 4. The summed E-state index contributed by atoms with van der Waals surface area (Å²) in [6.45, 7) is 5.84. The van der Waals surface area contributed by atoms with E-state index in [2.05, 4.69) is 10.6 Å². The van der Waals surface area contributed by atoms with Gasteiger partial charge in [0, 0.05) is 6.54 Å². The zero-order chi connectivity index (χ0) is 12.7. The summed E-state index contributed by atoms with van der Waals surface area (Å²) in [5.74, 6) is -0.790. The molecule has 0 aromatic heterocycles. The number of aliphatic carboxylic acids is 1. The molecule has 94 valence electrons. The Labute approximate surface area is 95.0 Å². The van der Waals surface area contributed by atoms with Gasteiger partial charge in [0.15, 0.2) is 6.04 Å². The smallest absolute Gasteiger partial charge is 0.328 e. The number of urea groups is 1. The molecule has 4 N–H and O–H groups in total. The molecule has 6 heteroatoms. The molecule has 0 fully saturated rings. The first-order chi connectivity index (χ1) is 7.34. The molecule has 6 nitrogen and oxygen atoms in total. The molecule has 0 aliphatic carbocycles. The summed E-state index contributed by atoms with van der Waals surface area (Å²) in [6, 6.07) is -1.85. The Kier molecular flexibility index (Phi) is 6.48. The molecule has 0 aromatic rings. The van der Waals surface area contributed by atoms with Crippen molar-refractivity contribution in [3.8, 4) is 0 Å². The molecule has 0 unspecified atom stereocenters. The van der Waals surface area contributed by atoms with Crippen LogP contribution in [0.15, 0.2) is 0 Å². The van der Waals surface area contributed by atoms with Crippen molar-refractivity contribution in [3.05, 3.63) is 0 Å². The van der Waals surface area contributed by atoms with Crippen molar-refractivity contribution in [2.24, 2.45) is 5.92 Å². The third kappa shape index (κ3) is 6.23. The van der Waals surface area contributed by atoms with Crippen molar-refractivity contribution in [1.82, 2.24) is 10.6 Å². The number of carbonyl (C=O) groups is 2. The molecule has 0 aliphatic rings. The molecule has 16 heavy (non-hydrogen) atoms. The molecule has 2 atom stereocenters. The lowest BCUT2D eigenvalue weighted by Gasteiger charge is -2.17. The number of amides is 2. The second-order valence-electron chi connectivity index (χ2n) is 4.14. The summed E-state index contributed by atoms with van der Waals surface area (Å²) in [5.41, 5.74) is 0. The average molecular weight is 232 g/mol. The molecule has 0 aromatic carbocycles. The van der Waals surface area contributed by atoms with Crippen LogP contribution in [-0.2, 0) is 4.79 Å². The van der Waals surface area contributed by atoms with Gasteiger partial charge in [0.2, 0.25) is 0 Å². The van der Waals surface area contributed by atoms with Gasteiger partial charge in [-0.2, -0.15) is 0 Å². The van der Waals surface area contributed by atoms with E-state index >= 15 is 0 Å². The zero-order valence-electron chi connectivity index (χ0n) is 9.86. The van der Waals surface area contributed by atoms with Crippen molar-refractivity contribution < 1.29 is 19.8 Å². The second kappa shape index (κ2) is 7.05. The second-order valence-corrected chi connectivity index (χ2v) is 4.14. The van der Waals surface area contributed by atoms with Crippen LogP contribution in [-0.4, -0.2) is 40.9 Å². The summed E-state index contributed by atoms with van der Waals surface area (Å²) in [4.78, 5) is 21.9. The molecule has 0 aliphatic heterocycles. The maximum atomic E-state index is 11.2. The number of hydrogen-bond acceptors (Lipinski definition) is 3. The van der Waals surface area contributed by atoms with Crippen molar-refractivity contribution in [1.29, 1.82) is 0 Å². The SMILES string of the molecule is CC(C)CCNC(=O)N[C@H](C(=O)O)[C@@H](C)O. The van der Waals surface area contributed by atoms with Crippen LogP contribution in [0.4, 0.5) is 4.79 Å². The Hall–Kier alpha value is -1.30. The number of aliphatic hydroxyl groups is 1. The summed E-state index contributed by atoms with van der Waals surface area (Å²) < 4.78 is 0. The molecule has 0 bridgehead atoms. The van der Waals surface area contributed by atoms with Gasteiger partial charge in [-0.15, -0.1) is 0 Å². The van der Waals surface area contributed by atoms with Gasteiger partial charge in [0.05, 0.1) is 6.10 Å². The third-order valence-corrected chi connectivity index (χ3v) is 2.04. The Morgan fingerprint density at radius 3 is 2.19 bits per heavy atom. The lowest BCUT2D eigenvalue weighted by atomic mass is 10.1. The summed E-state index contributed by atoms with van der Waals surface area (Å²) in [6.07, 6.45) is -0.312. The summed E-state index contributed by atoms with van der Waals surface area (Å²) in [7, 11) is 0. The predicted octanol–water partition coefficient (Wildman–Crippen LogP) is 0.166. The standard InChI is InChI=1S/C10H20N2O4/c1-6(2)4-5-11-10(16)12-8(7(3)13)9(14)15/h6-8,13H,4-5H2,1-3H3,(H,14,15)(H2,11,12,16)/t7-,8+/m1/s1. The number of carbonyl (C=O) groups excluding carboxylic acids is 1. The maximum Gasteiger partial charge on any atom is 0.328 e. The number of rotatable bonds is 6. The van der Waals surface area contributed by atoms with E-state index in [9.17, 15) is 9.59 Å². The first-order valence-corrected chi connectivity index (χ1v) is 5.29. The van der Waals surface area contributed by atoms with Crippen LogP contribution in [0, 0.1) is 5.92 Å². The Morgan fingerprint density at radius 2 is 1.81 bits per heavy atom. The molecule has 0 heterocycles. The van der Waals surface area contributed by atoms with Gasteiger partial charge >= 0.3 is 12.0 Å². The van der Waals surface area contributed by atoms with Crippen LogP contribution >= 0.6 is 0 Å². The van der Waals surface area contributed by atoms with Gasteiger partial charge in [-0.25, -0.2) is 9.59 Å². The number of carboxylic acids is 1. The Bertz CT molecular complexity index is 241. The number of carboxylic acid groups (broad SMARTS) is 1. The van der Waals surface area contributed by atoms with Gasteiger partial charge < -0.3 is 20.8 Å². The lowest BCUT2D eigenvalue weighted by Crippen LogP contribution is -2.51. The first kappa shape index (κ1) is 14.7. The zero-order valence-corrected chi connectivity index (χ0v) is 9.86. The van der Waals surface area contributed by atoms with E-state index in [0.717, 1.165) is 6.42 Å². The van der Waals surface area contributed by atoms with Crippen molar-refractivity contribution in [2.45, 2.75) is 39.3 Å². The first-order valence-electron chi connectivity index (χ1n) is 5.29. The van der Waals surface area contributed by atoms with Gasteiger partial charge in [-0.1, -0.05) is 13.8 Å². The fraction of sp³-hybridized carbons (Fsp3) is 0.800. The normalized spacial score (nSPS) is 14.3. The van der Waals surface area contributed by atoms with E-state index in [1.807, 2.05) is 13.8 Å². The maximum absolute atomic E-state index is 11.2. The summed E-state index contributed by atoms with van der Waals surface area (Å²) >= 11 is 0. The van der Waals surface area contributed by atoms with Crippen molar-refractivity contribution >= 4 is 12.0 Å². The van der Waals surface area contributed by atoms with Crippen LogP contribution in [0.5, 0.6) is 0 Å². The fourth-order valence-corrected chi connectivity index (χ4v) is 1.06. The van der Waals surface area contributed by atoms with Crippen LogP contribution in [0.1, 0.15) is 27.2 Å². The van der Waals surface area contributed by atoms with Gasteiger partial charge in [-0.3, -0.25) is 0 Å². The van der Waals surface area contributed by atoms with Gasteiger partial charge in [0.1, 0.15) is 0 Å². The third-order valence-electron chi connectivity index (χ3n) is 2.04. The average Bonchev–Trinajstić information content (AvgIpc) is 2.12. The molecule has 0 saturated carbocycles. The molecular formula is C10H20N2O4. The minimum absolute atomic E-state index is 0.465. The van der Waals surface area contributed by atoms with E-state index in [4.69, 9.17) is 10.2 Å². The quantitative estimate of drug-likeness (QED) is 0.524. The molecular weight excluding hydrogens is 212 g/mol. The lowest BCUT2D eigenvalue weighted by molar-refractivity contribution is -0.141. The van der Waals surface area contributed by atoms with E-state index in [1.165, 1.54) is 6.92 Å². The summed E-state index contributed by atoms with van der Waals surface area (Å²) in [5, 5.41) is 22.5. The van der Waals surface area contributed by atoms with E-state index in [1.54, 1.807) is 0 Å².